The Morgan fingerprint density at radius 1 is 1.24 bits per heavy atom. The summed E-state index contributed by atoms with van der Waals surface area (Å²) in [4.78, 5) is 11.7. The van der Waals surface area contributed by atoms with Crippen molar-refractivity contribution in [2.24, 2.45) is 0 Å². The van der Waals surface area contributed by atoms with Crippen molar-refractivity contribution in [2.45, 2.75) is 25.2 Å². The smallest absolute Gasteiger partial charge is 0.311 e. The summed E-state index contributed by atoms with van der Waals surface area (Å²) in [6.07, 6.45) is 0.567. The van der Waals surface area contributed by atoms with Crippen LogP contribution in [0, 0.1) is 6.92 Å². The highest BCUT2D eigenvalue weighted by atomic mass is 16.5. The van der Waals surface area contributed by atoms with Crippen molar-refractivity contribution < 1.29 is 14.6 Å². The Balaban J connectivity index is 1.88. The molecule has 3 rings (SSSR count). The van der Waals surface area contributed by atoms with Crippen LogP contribution >= 0.6 is 0 Å². The van der Waals surface area contributed by atoms with Crippen molar-refractivity contribution in [2.75, 3.05) is 6.61 Å². The summed E-state index contributed by atoms with van der Waals surface area (Å²) in [6.45, 7) is 2.53. The van der Waals surface area contributed by atoms with Crippen LogP contribution in [-0.2, 0) is 4.79 Å². The molecule has 3 heteroatoms. The maximum absolute atomic E-state index is 11.7. The average Bonchev–Trinajstić information content (AvgIpc) is 2.89. The normalized spacial score (nSPS) is 17.9. The van der Waals surface area contributed by atoms with Crippen molar-refractivity contribution in [3.63, 3.8) is 0 Å². The molecular weight excluding hydrogens is 264 g/mol. The van der Waals surface area contributed by atoms with Gasteiger partial charge in [-0.05, 0) is 30.5 Å². The predicted octanol–water partition coefficient (Wildman–Crippen LogP) is 3.73. The lowest BCUT2D eigenvalue weighted by Crippen LogP contribution is -2.17. The summed E-state index contributed by atoms with van der Waals surface area (Å²) < 4.78 is 5.66. The molecule has 1 aliphatic rings. The quantitative estimate of drug-likeness (QED) is 0.929. The highest BCUT2D eigenvalue weighted by molar-refractivity contribution is 5.76. The lowest BCUT2D eigenvalue weighted by Gasteiger charge is -2.18. The van der Waals surface area contributed by atoms with Gasteiger partial charge in [0, 0.05) is 11.5 Å². The van der Waals surface area contributed by atoms with E-state index < -0.39 is 11.9 Å². The second-order valence-corrected chi connectivity index (χ2v) is 5.53. The van der Waals surface area contributed by atoms with Crippen molar-refractivity contribution in [3.05, 3.63) is 65.2 Å². The maximum atomic E-state index is 11.7. The molecule has 0 aliphatic carbocycles. The first kappa shape index (κ1) is 13.7. The van der Waals surface area contributed by atoms with Crippen LogP contribution in [0.15, 0.2) is 48.5 Å². The summed E-state index contributed by atoms with van der Waals surface area (Å²) >= 11 is 0. The van der Waals surface area contributed by atoms with Gasteiger partial charge < -0.3 is 9.84 Å². The Hall–Kier alpha value is -2.29. The van der Waals surface area contributed by atoms with E-state index in [1.165, 1.54) is 0 Å². The maximum Gasteiger partial charge on any atom is 0.311 e. The topological polar surface area (TPSA) is 46.5 Å². The molecule has 0 saturated carbocycles. The van der Waals surface area contributed by atoms with E-state index in [0.717, 1.165) is 22.4 Å². The number of aliphatic carboxylic acids is 1. The third kappa shape index (κ3) is 2.64. The van der Waals surface area contributed by atoms with E-state index in [-0.39, 0.29) is 5.92 Å². The fourth-order valence-electron chi connectivity index (χ4n) is 3.05. The van der Waals surface area contributed by atoms with Crippen LogP contribution in [-0.4, -0.2) is 17.7 Å². The molecule has 1 N–H and O–H groups in total. The molecule has 0 amide bonds. The molecule has 0 bridgehead atoms. The van der Waals surface area contributed by atoms with Crippen molar-refractivity contribution in [1.29, 1.82) is 0 Å². The van der Waals surface area contributed by atoms with E-state index in [4.69, 9.17) is 4.74 Å². The second-order valence-electron chi connectivity index (χ2n) is 5.53. The lowest BCUT2D eigenvalue weighted by molar-refractivity contribution is -0.139. The Morgan fingerprint density at radius 3 is 2.71 bits per heavy atom. The molecule has 3 nitrogen and oxygen atoms in total. The van der Waals surface area contributed by atoms with Gasteiger partial charge in [0.15, 0.2) is 0 Å². The van der Waals surface area contributed by atoms with Gasteiger partial charge in [-0.3, -0.25) is 4.79 Å². The number of ether oxygens (including phenoxy) is 1. The van der Waals surface area contributed by atoms with Gasteiger partial charge in [-0.25, -0.2) is 0 Å². The Bertz CT molecular complexity index is 663. The zero-order chi connectivity index (χ0) is 14.8. The van der Waals surface area contributed by atoms with Crippen LogP contribution in [0.5, 0.6) is 5.75 Å². The largest absolute Gasteiger partial charge is 0.493 e. The van der Waals surface area contributed by atoms with E-state index in [2.05, 4.69) is 0 Å². The van der Waals surface area contributed by atoms with Crippen molar-refractivity contribution >= 4 is 5.97 Å². The van der Waals surface area contributed by atoms with Crippen LogP contribution in [0.1, 0.15) is 34.9 Å². The molecule has 21 heavy (non-hydrogen) atoms. The molecule has 0 spiro atoms. The monoisotopic (exact) mass is 282 g/mol. The van der Waals surface area contributed by atoms with Gasteiger partial charge in [-0.15, -0.1) is 0 Å². The minimum atomic E-state index is -0.770. The van der Waals surface area contributed by atoms with Gasteiger partial charge in [0.05, 0.1) is 12.5 Å². The standard InChI is InChI=1S/C18H18O3/c1-12-6-2-3-7-14(12)16(18(19)20)10-13-11-21-17-9-5-4-8-15(13)17/h2-9,13,16H,10-11H2,1H3,(H,19,20). The first-order valence-electron chi connectivity index (χ1n) is 7.17. The molecule has 1 heterocycles. The average molecular weight is 282 g/mol. The van der Waals surface area contributed by atoms with Crippen LogP contribution in [0.2, 0.25) is 0 Å². The van der Waals surface area contributed by atoms with Crippen molar-refractivity contribution in [1.82, 2.24) is 0 Å². The highest BCUT2D eigenvalue weighted by Gasteiger charge is 2.31. The van der Waals surface area contributed by atoms with Gasteiger partial charge in [-0.2, -0.15) is 0 Å². The van der Waals surface area contributed by atoms with Gasteiger partial charge in [0.2, 0.25) is 0 Å². The summed E-state index contributed by atoms with van der Waals surface area (Å²) in [5, 5.41) is 9.62. The highest BCUT2D eigenvalue weighted by Crippen LogP contribution is 2.39. The lowest BCUT2D eigenvalue weighted by atomic mass is 9.84. The summed E-state index contributed by atoms with van der Waals surface area (Å²) in [5.74, 6) is -0.238. The second kappa shape index (κ2) is 5.60. The molecule has 0 aromatic heterocycles. The molecule has 2 aromatic rings. The van der Waals surface area contributed by atoms with E-state index in [0.29, 0.717) is 13.0 Å². The van der Waals surface area contributed by atoms with Crippen molar-refractivity contribution in [3.8, 4) is 5.75 Å². The Kier molecular flexibility index (Phi) is 3.65. The van der Waals surface area contributed by atoms with Crippen LogP contribution < -0.4 is 4.74 Å². The third-order valence-electron chi connectivity index (χ3n) is 4.18. The van der Waals surface area contributed by atoms with Gasteiger partial charge >= 0.3 is 5.97 Å². The minimum Gasteiger partial charge on any atom is -0.493 e. The van der Waals surface area contributed by atoms with Gasteiger partial charge in [0.1, 0.15) is 5.75 Å². The molecule has 0 saturated heterocycles. The number of fused-ring (bicyclic) bond motifs is 1. The number of carbonyl (C=O) groups is 1. The number of para-hydroxylation sites is 1. The zero-order valence-electron chi connectivity index (χ0n) is 12.0. The number of hydrogen-bond acceptors (Lipinski definition) is 2. The summed E-state index contributed by atoms with van der Waals surface area (Å²) in [5.41, 5.74) is 3.05. The van der Waals surface area contributed by atoms with E-state index >= 15 is 0 Å². The van der Waals surface area contributed by atoms with E-state index in [1.807, 2.05) is 55.5 Å². The fraction of sp³-hybridized carbons (Fsp3) is 0.278. The summed E-state index contributed by atoms with van der Waals surface area (Å²) in [7, 11) is 0. The zero-order valence-corrected chi connectivity index (χ0v) is 12.0. The first-order valence-corrected chi connectivity index (χ1v) is 7.17. The molecule has 108 valence electrons. The minimum absolute atomic E-state index is 0.141. The number of hydrogen-bond donors (Lipinski definition) is 1. The van der Waals surface area contributed by atoms with Crippen LogP contribution in [0.4, 0.5) is 0 Å². The Labute approximate surface area is 124 Å². The predicted molar refractivity (Wildman–Crippen MR) is 80.9 cm³/mol. The van der Waals surface area contributed by atoms with Crippen LogP contribution in [0.3, 0.4) is 0 Å². The van der Waals surface area contributed by atoms with Crippen LogP contribution in [0.25, 0.3) is 0 Å². The van der Waals surface area contributed by atoms with E-state index in [1.54, 1.807) is 0 Å². The number of carboxylic acid groups (broad SMARTS) is 1. The Morgan fingerprint density at radius 2 is 1.95 bits per heavy atom. The molecule has 0 fully saturated rings. The molecule has 1 aliphatic heterocycles. The van der Waals surface area contributed by atoms with Gasteiger partial charge in [0.25, 0.3) is 0 Å². The number of carboxylic acids is 1. The fourth-order valence-corrected chi connectivity index (χ4v) is 3.05. The number of aryl methyl sites for hydroxylation is 1. The summed E-state index contributed by atoms with van der Waals surface area (Å²) in [6, 6.07) is 15.6. The third-order valence-corrected chi connectivity index (χ3v) is 4.18. The molecule has 2 aromatic carbocycles. The number of benzene rings is 2. The molecule has 0 radical (unpaired) electrons. The van der Waals surface area contributed by atoms with Gasteiger partial charge in [-0.1, -0.05) is 42.5 Å². The SMILES string of the molecule is Cc1ccccc1C(CC1COc2ccccc21)C(=O)O. The first-order chi connectivity index (χ1) is 10.2. The number of rotatable bonds is 4. The molecule has 2 atom stereocenters. The van der Waals surface area contributed by atoms with E-state index in [9.17, 15) is 9.90 Å². The molecular formula is C18H18O3. The molecule has 2 unspecified atom stereocenters.